The van der Waals surface area contributed by atoms with Crippen LogP contribution in [0.15, 0.2) is 29.6 Å². The number of halogens is 1. The van der Waals surface area contributed by atoms with Gasteiger partial charge >= 0.3 is 5.97 Å². The van der Waals surface area contributed by atoms with E-state index >= 15 is 0 Å². The van der Waals surface area contributed by atoms with Gasteiger partial charge in [-0.25, -0.2) is 4.98 Å². The molecule has 0 atom stereocenters. The molecule has 0 bridgehead atoms. The van der Waals surface area contributed by atoms with Crippen LogP contribution in [0.25, 0.3) is 0 Å². The van der Waals surface area contributed by atoms with Gasteiger partial charge in [0, 0.05) is 10.4 Å². The van der Waals surface area contributed by atoms with Crippen LogP contribution in [-0.4, -0.2) is 35.1 Å². The van der Waals surface area contributed by atoms with Crippen LogP contribution in [0.2, 0.25) is 5.02 Å². The summed E-state index contributed by atoms with van der Waals surface area (Å²) in [4.78, 5) is 26.4. The van der Waals surface area contributed by atoms with Crippen LogP contribution in [0, 0.1) is 0 Å². The van der Waals surface area contributed by atoms with Gasteiger partial charge in [0.25, 0.3) is 0 Å². The molecule has 1 amide bonds. The van der Waals surface area contributed by atoms with Crippen LogP contribution >= 0.6 is 22.9 Å². The summed E-state index contributed by atoms with van der Waals surface area (Å²) in [6, 6.07) is 6.96. The quantitative estimate of drug-likeness (QED) is 0.709. The first-order valence-electron chi connectivity index (χ1n) is 6.83. The van der Waals surface area contributed by atoms with Gasteiger partial charge in [-0.1, -0.05) is 11.6 Å². The Morgan fingerprint density at radius 3 is 2.70 bits per heavy atom. The number of nitrogens with zero attached hydrogens (tertiary/aromatic N) is 1. The maximum absolute atomic E-state index is 11.8. The summed E-state index contributed by atoms with van der Waals surface area (Å²) in [5, 5.41) is 14.3. The molecule has 0 aliphatic heterocycles. The Balaban J connectivity index is 1.67. The normalized spacial score (nSPS) is 10.3. The number of rotatable bonds is 8. The molecule has 1 heterocycles. The van der Waals surface area contributed by atoms with Crippen molar-refractivity contribution in [3.63, 3.8) is 0 Å². The number of aromatic nitrogens is 1. The van der Waals surface area contributed by atoms with Gasteiger partial charge in [0.15, 0.2) is 0 Å². The van der Waals surface area contributed by atoms with Gasteiger partial charge in [0.1, 0.15) is 17.4 Å². The molecule has 0 radical (unpaired) electrons. The Bertz CT molecular complexity index is 672. The third kappa shape index (κ3) is 6.25. The van der Waals surface area contributed by atoms with Gasteiger partial charge in [-0.15, -0.1) is 11.3 Å². The van der Waals surface area contributed by atoms with Crippen molar-refractivity contribution in [3.8, 4) is 5.75 Å². The number of carboxylic acids is 1. The Hall–Kier alpha value is -2.12. The highest BCUT2D eigenvalue weighted by molar-refractivity contribution is 7.09. The fraction of sp³-hybridized carbons (Fsp3) is 0.267. The Kier molecular flexibility index (Phi) is 6.37. The molecule has 0 unspecified atom stereocenters. The number of nitrogens with one attached hydrogen (secondary N) is 1. The average molecular weight is 355 g/mol. The lowest BCUT2D eigenvalue weighted by Crippen LogP contribution is -2.29. The lowest BCUT2D eigenvalue weighted by atomic mass is 10.3. The number of carbonyl (C=O) groups is 2. The second-order valence-corrected chi connectivity index (χ2v) is 6.01. The zero-order valence-corrected chi connectivity index (χ0v) is 13.7. The van der Waals surface area contributed by atoms with E-state index in [1.807, 2.05) is 0 Å². The highest BCUT2D eigenvalue weighted by atomic mass is 35.5. The fourth-order valence-corrected chi connectivity index (χ4v) is 2.67. The van der Waals surface area contributed by atoms with Gasteiger partial charge in [0.05, 0.1) is 25.1 Å². The zero-order chi connectivity index (χ0) is 16.7. The largest absolute Gasteiger partial charge is 0.492 e. The van der Waals surface area contributed by atoms with E-state index in [0.717, 1.165) is 0 Å². The lowest BCUT2D eigenvalue weighted by molar-refractivity contribution is -0.136. The van der Waals surface area contributed by atoms with Gasteiger partial charge in [-0.2, -0.15) is 0 Å². The number of benzene rings is 1. The number of carboxylic acid groups (broad SMARTS) is 1. The predicted octanol–water partition coefficient (Wildman–Crippen LogP) is 2.16. The minimum atomic E-state index is -0.939. The number of carbonyl (C=O) groups excluding carboxylic acids is 1. The summed E-state index contributed by atoms with van der Waals surface area (Å²) in [5.41, 5.74) is 0.469. The number of hydrogen-bond acceptors (Lipinski definition) is 5. The van der Waals surface area contributed by atoms with Crippen molar-refractivity contribution in [2.75, 3.05) is 13.2 Å². The highest BCUT2D eigenvalue weighted by Crippen LogP contribution is 2.15. The molecule has 0 spiro atoms. The summed E-state index contributed by atoms with van der Waals surface area (Å²) in [5.74, 6) is -0.437. The van der Waals surface area contributed by atoms with Crippen molar-refractivity contribution in [2.45, 2.75) is 12.8 Å². The van der Waals surface area contributed by atoms with Crippen LogP contribution < -0.4 is 10.1 Å². The molecule has 8 heteroatoms. The number of amides is 1. The number of thiazole rings is 1. The molecule has 0 saturated carbocycles. The van der Waals surface area contributed by atoms with Crippen molar-refractivity contribution in [2.24, 2.45) is 0 Å². The van der Waals surface area contributed by atoms with Crippen LogP contribution in [0.4, 0.5) is 0 Å². The van der Waals surface area contributed by atoms with Crippen molar-refractivity contribution >= 4 is 34.8 Å². The second-order valence-electron chi connectivity index (χ2n) is 4.63. The van der Waals surface area contributed by atoms with E-state index in [1.165, 1.54) is 11.3 Å². The number of aliphatic carboxylic acids is 1. The summed E-state index contributed by atoms with van der Waals surface area (Å²) >= 11 is 7.05. The zero-order valence-electron chi connectivity index (χ0n) is 12.1. The van der Waals surface area contributed by atoms with Gasteiger partial charge in [-0.05, 0) is 24.3 Å². The molecule has 0 fully saturated rings. The molecule has 1 aromatic carbocycles. The first-order chi connectivity index (χ1) is 11.0. The molecule has 2 N–H and O–H groups in total. The summed E-state index contributed by atoms with van der Waals surface area (Å²) in [7, 11) is 0. The molecule has 1 aromatic heterocycles. The van der Waals surface area contributed by atoms with E-state index in [1.54, 1.807) is 29.6 Å². The van der Waals surface area contributed by atoms with Gasteiger partial charge < -0.3 is 15.2 Å². The Morgan fingerprint density at radius 1 is 1.26 bits per heavy atom. The lowest BCUT2D eigenvalue weighted by Gasteiger charge is -2.07. The molecular weight excluding hydrogens is 340 g/mol. The van der Waals surface area contributed by atoms with Crippen molar-refractivity contribution < 1.29 is 19.4 Å². The summed E-state index contributed by atoms with van der Waals surface area (Å²) in [6.45, 7) is 0.713. The predicted molar refractivity (Wildman–Crippen MR) is 87.1 cm³/mol. The van der Waals surface area contributed by atoms with Crippen LogP contribution in [0.5, 0.6) is 5.75 Å². The van der Waals surface area contributed by atoms with E-state index in [2.05, 4.69) is 10.3 Å². The minimum Gasteiger partial charge on any atom is -0.492 e. The van der Waals surface area contributed by atoms with Crippen LogP contribution in [0.3, 0.4) is 0 Å². The SMILES string of the molecule is O=C(O)Cc1csc(CC(=O)NCCOc2ccc(Cl)cc2)n1. The van der Waals surface area contributed by atoms with E-state index in [9.17, 15) is 9.59 Å². The Morgan fingerprint density at radius 2 is 2.00 bits per heavy atom. The number of ether oxygens (including phenoxy) is 1. The third-order valence-corrected chi connectivity index (χ3v) is 3.90. The van der Waals surface area contributed by atoms with E-state index in [4.69, 9.17) is 21.4 Å². The first kappa shape index (κ1) is 17.2. The highest BCUT2D eigenvalue weighted by Gasteiger charge is 2.09. The maximum Gasteiger partial charge on any atom is 0.309 e. The first-order valence-corrected chi connectivity index (χ1v) is 8.09. The minimum absolute atomic E-state index is 0.130. The molecule has 23 heavy (non-hydrogen) atoms. The summed E-state index contributed by atoms with van der Waals surface area (Å²) < 4.78 is 5.46. The van der Waals surface area contributed by atoms with E-state index in [-0.39, 0.29) is 18.7 Å². The van der Waals surface area contributed by atoms with Gasteiger partial charge in [-0.3, -0.25) is 9.59 Å². The third-order valence-electron chi connectivity index (χ3n) is 2.75. The molecule has 0 saturated heterocycles. The molecule has 2 rings (SSSR count). The van der Waals surface area contributed by atoms with E-state index < -0.39 is 5.97 Å². The standard InChI is InChI=1S/C15H15ClN2O4S/c16-10-1-3-12(4-2-10)22-6-5-17-13(19)8-14-18-11(9-23-14)7-15(20)21/h1-4,9H,5-8H2,(H,17,19)(H,20,21). The molecule has 2 aromatic rings. The monoisotopic (exact) mass is 354 g/mol. The topological polar surface area (TPSA) is 88.5 Å². The average Bonchev–Trinajstić information content (AvgIpc) is 2.91. The second kappa shape index (κ2) is 8.50. The van der Waals surface area contributed by atoms with Crippen molar-refractivity contribution in [1.82, 2.24) is 10.3 Å². The van der Waals surface area contributed by atoms with E-state index in [0.29, 0.717) is 34.6 Å². The van der Waals surface area contributed by atoms with Crippen LogP contribution in [0.1, 0.15) is 10.7 Å². The smallest absolute Gasteiger partial charge is 0.309 e. The summed E-state index contributed by atoms with van der Waals surface area (Å²) in [6.07, 6.45) is -0.00170. The molecule has 0 aliphatic carbocycles. The Labute approximate surface area is 142 Å². The maximum atomic E-state index is 11.8. The number of hydrogen-bond donors (Lipinski definition) is 2. The molecular formula is C15H15ClN2O4S. The fourth-order valence-electron chi connectivity index (χ4n) is 1.76. The molecule has 0 aliphatic rings. The van der Waals surface area contributed by atoms with Gasteiger partial charge in [0.2, 0.25) is 5.91 Å². The molecule has 122 valence electrons. The van der Waals surface area contributed by atoms with Crippen molar-refractivity contribution in [3.05, 3.63) is 45.4 Å². The van der Waals surface area contributed by atoms with Crippen molar-refractivity contribution in [1.29, 1.82) is 0 Å². The molecule has 6 nitrogen and oxygen atoms in total. The van der Waals surface area contributed by atoms with Crippen LogP contribution in [-0.2, 0) is 22.4 Å².